The summed E-state index contributed by atoms with van der Waals surface area (Å²) < 4.78 is 19.4. The molecular weight excluding hydrogens is 324 g/mol. The second-order valence-electron chi connectivity index (χ2n) is 6.39. The van der Waals surface area contributed by atoms with Crippen LogP contribution in [0, 0.1) is 0 Å². The predicted octanol–water partition coefficient (Wildman–Crippen LogP) is 4.43. The molecule has 0 atom stereocenters. The first-order valence-corrected chi connectivity index (χ1v) is 15.2. The Labute approximate surface area is 144 Å². The average molecular weight is 365 g/mol. The van der Waals surface area contributed by atoms with E-state index in [-0.39, 0.29) is 0 Å². The minimum atomic E-state index is -1.72. The Balaban J connectivity index is 5.56. The standard InChI is InChI=1S/C16H40O3Si3/c1-8-16(15-17-20,18-21(9-2,10-3)11-4)19-22(12-5,13-6)14-7/h8-15H2,1-7,20H3. The molecule has 0 unspecified atom stereocenters. The molecule has 0 saturated carbocycles. The Bertz CT molecular complexity index is 254. The molecule has 0 aliphatic heterocycles. The summed E-state index contributed by atoms with van der Waals surface area (Å²) >= 11 is 0. The Hall–Kier alpha value is 0.531. The van der Waals surface area contributed by atoms with Gasteiger partial charge in [-0.3, -0.25) is 0 Å². The molecule has 0 saturated heterocycles. The highest BCUT2D eigenvalue weighted by molar-refractivity contribution is 6.74. The summed E-state index contributed by atoms with van der Waals surface area (Å²) in [6.45, 7) is 16.5. The zero-order valence-corrected chi connectivity index (χ0v) is 20.4. The van der Waals surface area contributed by atoms with Gasteiger partial charge >= 0.3 is 0 Å². The minimum absolute atomic E-state index is 0.496. The van der Waals surface area contributed by atoms with Gasteiger partial charge in [0.1, 0.15) is 10.5 Å². The van der Waals surface area contributed by atoms with Crippen LogP contribution in [-0.2, 0) is 13.3 Å². The van der Waals surface area contributed by atoms with Crippen LogP contribution < -0.4 is 0 Å². The van der Waals surface area contributed by atoms with Crippen molar-refractivity contribution in [3.05, 3.63) is 0 Å². The molecule has 0 bridgehead atoms. The van der Waals surface area contributed by atoms with E-state index in [0.717, 1.165) is 53.2 Å². The molecule has 0 aliphatic carbocycles. The molecule has 0 N–H and O–H groups in total. The van der Waals surface area contributed by atoms with Crippen LogP contribution in [0.3, 0.4) is 0 Å². The minimum Gasteiger partial charge on any atom is -0.423 e. The largest absolute Gasteiger partial charge is 0.423 e. The Morgan fingerprint density at radius 2 is 1.00 bits per heavy atom. The van der Waals surface area contributed by atoms with Crippen LogP contribution >= 0.6 is 0 Å². The third-order valence-corrected chi connectivity index (χ3v) is 15.2. The van der Waals surface area contributed by atoms with Gasteiger partial charge in [0.2, 0.25) is 0 Å². The molecule has 0 radical (unpaired) electrons. The second kappa shape index (κ2) is 10.4. The first-order chi connectivity index (χ1) is 10.4. The topological polar surface area (TPSA) is 27.7 Å². The number of hydrogen-bond acceptors (Lipinski definition) is 3. The maximum absolute atomic E-state index is 6.87. The summed E-state index contributed by atoms with van der Waals surface area (Å²) in [5.74, 6) is -0.496. The normalized spacial score (nSPS) is 13.8. The zero-order valence-electron chi connectivity index (χ0n) is 16.4. The van der Waals surface area contributed by atoms with Crippen molar-refractivity contribution in [2.45, 2.75) is 96.9 Å². The highest BCUT2D eigenvalue weighted by atomic mass is 28.4. The molecule has 0 amide bonds. The van der Waals surface area contributed by atoms with Crippen molar-refractivity contribution in [2.24, 2.45) is 0 Å². The van der Waals surface area contributed by atoms with Gasteiger partial charge in [-0.2, -0.15) is 0 Å². The van der Waals surface area contributed by atoms with Gasteiger partial charge in [0.05, 0.1) is 6.61 Å². The van der Waals surface area contributed by atoms with E-state index in [1.807, 2.05) is 0 Å². The quantitative estimate of drug-likeness (QED) is 0.357. The van der Waals surface area contributed by atoms with E-state index in [1.54, 1.807) is 0 Å². The molecule has 22 heavy (non-hydrogen) atoms. The lowest BCUT2D eigenvalue weighted by Gasteiger charge is -2.46. The summed E-state index contributed by atoms with van der Waals surface area (Å²) in [5, 5.41) is 0. The van der Waals surface area contributed by atoms with Crippen LogP contribution in [0.25, 0.3) is 0 Å². The molecule has 6 heteroatoms. The van der Waals surface area contributed by atoms with Crippen molar-refractivity contribution >= 4 is 27.1 Å². The fourth-order valence-electron chi connectivity index (χ4n) is 3.27. The average Bonchev–Trinajstić information content (AvgIpc) is 2.58. The van der Waals surface area contributed by atoms with Gasteiger partial charge in [-0.1, -0.05) is 48.5 Å². The monoisotopic (exact) mass is 364 g/mol. The molecule has 134 valence electrons. The van der Waals surface area contributed by atoms with Gasteiger partial charge in [0, 0.05) is 0 Å². The van der Waals surface area contributed by atoms with E-state index in [2.05, 4.69) is 48.5 Å². The predicted molar refractivity (Wildman–Crippen MR) is 105 cm³/mol. The molecule has 0 aromatic heterocycles. The Morgan fingerprint density at radius 1 is 0.682 bits per heavy atom. The van der Waals surface area contributed by atoms with Gasteiger partial charge in [-0.25, -0.2) is 0 Å². The van der Waals surface area contributed by atoms with Crippen LogP contribution in [0.4, 0.5) is 0 Å². The highest BCUT2D eigenvalue weighted by Crippen LogP contribution is 2.36. The van der Waals surface area contributed by atoms with Crippen molar-refractivity contribution < 1.29 is 13.3 Å². The van der Waals surface area contributed by atoms with Crippen LogP contribution in [0.5, 0.6) is 0 Å². The van der Waals surface area contributed by atoms with Crippen LogP contribution in [-0.4, -0.2) is 39.5 Å². The molecule has 0 rings (SSSR count). The summed E-state index contributed by atoms with van der Waals surface area (Å²) in [6, 6.07) is 6.95. The molecule has 0 aromatic rings. The molecule has 3 nitrogen and oxygen atoms in total. The summed E-state index contributed by atoms with van der Waals surface area (Å²) in [4.78, 5) is 0. The summed E-state index contributed by atoms with van der Waals surface area (Å²) in [6.07, 6.45) is 0.888. The van der Waals surface area contributed by atoms with Gasteiger partial charge in [0.15, 0.2) is 22.4 Å². The van der Waals surface area contributed by atoms with Gasteiger partial charge in [-0.15, -0.1) is 0 Å². The summed E-state index contributed by atoms with van der Waals surface area (Å²) in [7, 11) is -2.70. The fraction of sp³-hybridized carbons (Fsp3) is 1.00. The first kappa shape index (κ1) is 22.5. The van der Waals surface area contributed by atoms with Crippen molar-refractivity contribution in [2.75, 3.05) is 6.61 Å². The molecule has 0 fully saturated rings. The van der Waals surface area contributed by atoms with Crippen molar-refractivity contribution in [1.82, 2.24) is 0 Å². The maximum atomic E-state index is 6.87. The Morgan fingerprint density at radius 3 is 1.18 bits per heavy atom. The lowest BCUT2D eigenvalue weighted by molar-refractivity contribution is -0.155. The smallest absolute Gasteiger partial charge is 0.195 e. The fourth-order valence-corrected chi connectivity index (χ4v) is 9.73. The highest BCUT2D eigenvalue weighted by Gasteiger charge is 2.45. The van der Waals surface area contributed by atoms with Crippen molar-refractivity contribution in [3.63, 3.8) is 0 Å². The lowest BCUT2D eigenvalue weighted by Crippen LogP contribution is -2.56. The third-order valence-electron chi connectivity index (χ3n) is 5.57. The molecular formula is C16H40O3Si3. The van der Waals surface area contributed by atoms with Crippen molar-refractivity contribution in [3.8, 4) is 0 Å². The maximum Gasteiger partial charge on any atom is 0.195 e. The molecule has 0 heterocycles. The van der Waals surface area contributed by atoms with Crippen molar-refractivity contribution in [1.29, 1.82) is 0 Å². The second-order valence-corrected chi connectivity index (χ2v) is 16.3. The van der Waals surface area contributed by atoms with Crippen LogP contribution in [0.2, 0.25) is 36.3 Å². The van der Waals surface area contributed by atoms with E-state index in [0.29, 0.717) is 6.61 Å². The SMILES string of the molecule is CCC(CO[SiH3])(O[Si](CC)(CC)CC)O[Si](CC)(CC)CC. The number of rotatable bonds is 13. The molecule has 0 spiro atoms. The van der Waals surface area contributed by atoms with E-state index in [4.69, 9.17) is 13.3 Å². The molecule has 0 aliphatic rings. The zero-order chi connectivity index (χ0) is 17.3. The first-order valence-electron chi connectivity index (χ1n) is 9.29. The lowest BCUT2D eigenvalue weighted by atomic mass is 10.2. The molecule has 0 aromatic carbocycles. The van der Waals surface area contributed by atoms with Crippen LogP contribution in [0.1, 0.15) is 54.9 Å². The van der Waals surface area contributed by atoms with E-state index in [9.17, 15) is 0 Å². The number of hydrogen-bond donors (Lipinski definition) is 0. The van der Waals surface area contributed by atoms with Gasteiger partial charge < -0.3 is 13.3 Å². The van der Waals surface area contributed by atoms with Gasteiger partial charge in [0.25, 0.3) is 0 Å². The van der Waals surface area contributed by atoms with E-state index in [1.165, 1.54) is 0 Å². The Kier molecular flexibility index (Phi) is 10.7. The summed E-state index contributed by atoms with van der Waals surface area (Å²) in [5.41, 5.74) is 0. The van der Waals surface area contributed by atoms with Crippen LogP contribution in [0.15, 0.2) is 0 Å². The van der Waals surface area contributed by atoms with Gasteiger partial charge in [-0.05, 0) is 42.7 Å². The van der Waals surface area contributed by atoms with E-state index < -0.39 is 22.4 Å². The van der Waals surface area contributed by atoms with E-state index >= 15 is 0 Å². The third kappa shape index (κ3) is 5.56.